The van der Waals surface area contributed by atoms with E-state index in [0.29, 0.717) is 22.8 Å². The molecular weight excluding hydrogens is 245 g/mol. The van der Waals surface area contributed by atoms with Crippen molar-refractivity contribution < 1.29 is 4.74 Å². The third-order valence-electron chi connectivity index (χ3n) is 2.69. The highest BCUT2D eigenvalue weighted by Gasteiger charge is 2.13. The van der Waals surface area contributed by atoms with E-state index in [2.05, 4.69) is 5.32 Å². The maximum atomic E-state index is 5.92. The zero-order chi connectivity index (χ0) is 11.4. The highest BCUT2D eigenvalue weighted by atomic mass is 35.5. The zero-order valence-corrected chi connectivity index (χ0v) is 10.5. The Hall–Kier alpha value is -0.280. The van der Waals surface area contributed by atoms with Crippen molar-refractivity contribution in [3.05, 3.63) is 33.8 Å². The second-order valence-electron chi connectivity index (χ2n) is 4.04. The van der Waals surface area contributed by atoms with Crippen LogP contribution in [0.2, 0.25) is 10.0 Å². The number of ether oxygens (including phenoxy) is 1. The summed E-state index contributed by atoms with van der Waals surface area (Å²) in [6.45, 7) is 2.67. The molecule has 0 radical (unpaired) electrons. The molecule has 0 atom stereocenters. The van der Waals surface area contributed by atoms with Gasteiger partial charge in [0.2, 0.25) is 0 Å². The van der Waals surface area contributed by atoms with Crippen LogP contribution in [0.3, 0.4) is 0 Å². The van der Waals surface area contributed by atoms with Crippen LogP contribution < -0.4 is 5.32 Å². The van der Waals surface area contributed by atoms with Crippen molar-refractivity contribution >= 4 is 23.2 Å². The van der Waals surface area contributed by atoms with Gasteiger partial charge in [0.25, 0.3) is 0 Å². The molecule has 0 bridgehead atoms. The number of piperidine rings is 1. The summed E-state index contributed by atoms with van der Waals surface area (Å²) in [5.74, 6) is 0. The van der Waals surface area contributed by atoms with Gasteiger partial charge in [-0.25, -0.2) is 0 Å². The minimum atomic E-state index is 0.360. The van der Waals surface area contributed by atoms with Gasteiger partial charge in [0.05, 0.1) is 12.7 Å². The van der Waals surface area contributed by atoms with Gasteiger partial charge in [0, 0.05) is 10.0 Å². The molecule has 16 heavy (non-hydrogen) atoms. The van der Waals surface area contributed by atoms with Gasteiger partial charge in [-0.2, -0.15) is 0 Å². The van der Waals surface area contributed by atoms with E-state index in [9.17, 15) is 0 Å². The second kappa shape index (κ2) is 5.87. The van der Waals surface area contributed by atoms with Crippen LogP contribution in [0.5, 0.6) is 0 Å². The summed E-state index contributed by atoms with van der Waals surface area (Å²) >= 11 is 11.8. The summed E-state index contributed by atoms with van der Waals surface area (Å²) < 4.78 is 5.82. The molecule has 1 aromatic rings. The van der Waals surface area contributed by atoms with E-state index in [1.54, 1.807) is 6.07 Å². The first-order chi connectivity index (χ1) is 7.74. The van der Waals surface area contributed by atoms with Crippen molar-refractivity contribution in [1.82, 2.24) is 5.32 Å². The monoisotopic (exact) mass is 259 g/mol. The fourth-order valence-electron chi connectivity index (χ4n) is 1.87. The highest BCUT2D eigenvalue weighted by Crippen LogP contribution is 2.20. The summed E-state index contributed by atoms with van der Waals surface area (Å²) in [6.07, 6.45) is 2.52. The Morgan fingerprint density at radius 3 is 2.38 bits per heavy atom. The van der Waals surface area contributed by atoms with E-state index in [4.69, 9.17) is 27.9 Å². The lowest BCUT2D eigenvalue weighted by atomic mass is 10.1. The smallest absolute Gasteiger partial charge is 0.0721 e. The van der Waals surface area contributed by atoms with Crippen molar-refractivity contribution in [3.63, 3.8) is 0 Å². The summed E-state index contributed by atoms with van der Waals surface area (Å²) in [5, 5.41) is 4.64. The standard InChI is InChI=1S/C12H15Cl2NO/c13-10-5-9(6-11(14)7-10)8-16-12-1-3-15-4-2-12/h5-7,12,15H,1-4,8H2. The molecule has 88 valence electrons. The maximum Gasteiger partial charge on any atom is 0.0721 e. The van der Waals surface area contributed by atoms with Crippen LogP contribution in [0, 0.1) is 0 Å². The first kappa shape index (κ1) is 12.2. The SMILES string of the molecule is Clc1cc(Cl)cc(COC2CCNCC2)c1. The summed E-state index contributed by atoms with van der Waals surface area (Å²) in [6, 6.07) is 5.53. The third-order valence-corrected chi connectivity index (χ3v) is 3.13. The average molecular weight is 260 g/mol. The largest absolute Gasteiger partial charge is 0.373 e. The first-order valence-electron chi connectivity index (χ1n) is 5.51. The Morgan fingerprint density at radius 2 is 1.75 bits per heavy atom. The lowest BCUT2D eigenvalue weighted by Crippen LogP contribution is -2.32. The van der Waals surface area contributed by atoms with E-state index in [0.717, 1.165) is 31.5 Å². The van der Waals surface area contributed by atoms with Crippen LogP contribution in [0.1, 0.15) is 18.4 Å². The molecule has 1 aromatic carbocycles. The van der Waals surface area contributed by atoms with E-state index in [-0.39, 0.29) is 0 Å². The van der Waals surface area contributed by atoms with E-state index >= 15 is 0 Å². The van der Waals surface area contributed by atoms with E-state index in [1.165, 1.54) is 0 Å². The molecule has 1 aliphatic rings. The van der Waals surface area contributed by atoms with Crippen LogP contribution in [0.4, 0.5) is 0 Å². The minimum Gasteiger partial charge on any atom is -0.373 e. The molecule has 4 heteroatoms. The van der Waals surface area contributed by atoms with Gasteiger partial charge in [-0.1, -0.05) is 23.2 Å². The van der Waals surface area contributed by atoms with Gasteiger partial charge < -0.3 is 10.1 Å². The lowest BCUT2D eigenvalue weighted by molar-refractivity contribution is 0.0212. The van der Waals surface area contributed by atoms with Gasteiger partial charge >= 0.3 is 0 Å². The molecule has 0 amide bonds. The molecule has 1 N–H and O–H groups in total. The van der Waals surface area contributed by atoms with Gasteiger partial charge in [-0.15, -0.1) is 0 Å². The molecule has 1 fully saturated rings. The van der Waals surface area contributed by atoms with Crippen LogP contribution in [0.15, 0.2) is 18.2 Å². The Morgan fingerprint density at radius 1 is 1.12 bits per heavy atom. The fraction of sp³-hybridized carbons (Fsp3) is 0.500. The quantitative estimate of drug-likeness (QED) is 0.900. The molecule has 1 saturated heterocycles. The molecule has 1 heterocycles. The lowest BCUT2D eigenvalue weighted by Gasteiger charge is -2.23. The summed E-state index contributed by atoms with van der Waals surface area (Å²) in [4.78, 5) is 0. The van der Waals surface area contributed by atoms with Crippen LogP contribution in [-0.4, -0.2) is 19.2 Å². The van der Waals surface area contributed by atoms with Crippen molar-refractivity contribution in [1.29, 1.82) is 0 Å². The number of nitrogens with one attached hydrogen (secondary N) is 1. The average Bonchev–Trinajstić information content (AvgIpc) is 2.27. The normalized spacial score (nSPS) is 17.6. The molecule has 1 aliphatic heterocycles. The number of rotatable bonds is 3. The first-order valence-corrected chi connectivity index (χ1v) is 6.27. The molecule has 0 aromatic heterocycles. The summed E-state index contributed by atoms with van der Waals surface area (Å²) in [5.41, 5.74) is 1.04. The third kappa shape index (κ3) is 3.63. The Labute approximate surface area is 106 Å². The zero-order valence-electron chi connectivity index (χ0n) is 9.01. The van der Waals surface area contributed by atoms with Crippen molar-refractivity contribution in [2.75, 3.05) is 13.1 Å². The van der Waals surface area contributed by atoms with Crippen LogP contribution >= 0.6 is 23.2 Å². The minimum absolute atomic E-state index is 0.360. The van der Waals surface area contributed by atoms with Crippen molar-refractivity contribution in [2.24, 2.45) is 0 Å². The molecule has 0 aliphatic carbocycles. The topological polar surface area (TPSA) is 21.3 Å². The van der Waals surface area contributed by atoms with Crippen molar-refractivity contribution in [2.45, 2.75) is 25.6 Å². The highest BCUT2D eigenvalue weighted by molar-refractivity contribution is 6.34. The number of halogens is 2. The van der Waals surface area contributed by atoms with Gasteiger partial charge in [-0.05, 0) is 49.7 Å². The Bertz CT molecular complexity index is 331. The van der Waals surface area contributed by atoms with Crippen LogP contribution in [-0.2, 0) is 11.3 Å². The van der Waals surface area contributed by atoms with Crippen molar-refractivity contribution in [3.8, 4) is 0 Å². The molecule has 2 nitrogen and oxygen atoms in total. The Kier molecular flexibility index (Phi) is 4.47. The maximum absolute atomic E-state index is 5.92. The van der Waals surface area contributed by atoms with Gasteiger partial charge in [0.15, 0.2) is 0 Å². The summed E-state index contributed by atoms with van der Waals surface area (Å²) in [7, 11) is 0. The predicted molar refractivity (Wildman–Crippen MR) is 67.1 cm³/mol. The molecule has 2 rings (SSSR count). The molecular formula is C12H15Cl2NO. The molecule has 0 unspecified atom stereocenters. The Balaban J connectivity index is 1.88. The van der Waals surface area contributed by atoms with Crippen LogP contribution in [0.25, 0.3) is 0 Å². The number of benzene rings is 1. The predicted octanol–water partition coefficient (Wildman–Crippen LogP) is 3.26. The van der Waals surface area contributed by atoms with E-state index in [1.807, 2.05) is 12.1 Å². The number of hydrogen-bond donors (Lipinski definition) is 1. The fourth-order valence-corrected chi connectivity index (χ4v) is 2.44. The second-order valence-corrected chi connectivity index (χ2v) is 4.91. The van der Waals surface area contributed by atoms with E-state index < -0.39 is 0 Å². The van der Waals surface area contributed by atoms with Gasteiger partial charge in [-0.3, -0.25) is 0 Å². The molecule has 0 saturated carbocycles. The molecule has 0 spiro atoms. The van der Waals surface area contributed by atoms with Gasteiger partial charge in [0.1, 0.15) is 0 Å². The number of hydrogen-bond acceptors (Lipinski definition) is 2.